The third kappa shape index (κ3) is 3.14. The molecule has 4 nitrogen and oxygen atoms in total. The Kier molecular flexibility index (Phi) is 4.12. The molecule has 1 aromatic heterocycles. The maximum Gasteiger partial charge on any atom is 0.232 e. The molecular formula is C10H6Cl4N4. The molecular weight excluding hydrogens is 318 g/mol. The van der Waals surface area contributed by atoms with E-state index in [9.17, 15) is 0 Å². The lowest BCUT2D eigenvalue weighted by Gasteiger charge is -2.09. The van der Waals surface area contributed by atoms with Gasteiger partial charge in [-0.25, -0.2) is 0 Å². The molecule has 0 aliphatic carbocycles. The van der Waals surface area contributed by atoms with Crippen molar-refractivity contribution in [2.24, 2.45) is 0 Å². The summed E-state index contributed by atoms with van der Waals surface area (Å²) in [5, 5.41) is 3.93. The van der Waals surface area contributed by atoms with Crippen molar-refractivity contribution in [2.45, 2.75) is 6.92 Å². The second kappa shape index (κ2) is 5.45. The maximum atomic E-state index is 6.07. The fraction of sp³-hybridized carbons (Fsp3) is 0.100. The highest BCUT2D eigenvalue weighted by atomic mass is 35.5. The van der Waals surface area contributed by atoms with Gasteiger partial charge in [-0.2, -0.15) is 15.0 Å². The summed E-state index contributed by atoms with van der Waals surface area (Å²) in [7, 11) is 0. The average Bonchev–Trinajstić information content (AvgIpc) is 2.24. The Morgan fingerprint density at radius 3 is 2.11 bits per heavy atom. The second-order valence-corrected chi connectivity index (χ2v) is 4.89. The van der Waals surface area contributed by atoms with E-state index in [1.165, 1.54) is 0 Å². The molecule has 0 atom stereocenters. The first-order valence-corrected chi connectivity index (χ1v) is 6.26. The summed E-state index contributed by atoms with van der Waals surface area (Å²) in [5.74, 6) is 0.196. The van der Waals surface area contributed by atoms with Gasteiger partial charge in [-0.05, 0) is 47.8 Å². The van der Waals surface area contributed by atoms with Gasteiger partial charge in [0.2, 0.25) is 16.5 Å². The van der Waals surface area contributed by atoms with Crippen LogP contribution in [-0.4, -0.2) is 15.0 Å². The lowest BCUT2D eigenvalue weighted by atomic mass is 10.2. The molecule has 0 fully saturated rings. The van der Waals surface area contributed by atoms with E-state index >= 15 is 0 Å². The van der Waals surface area contributed by atoms with Crippen LogP contribution in [0.15, 0.2) is 12.1 Å². The monoisotopic (exact) mass is 322 g/mol. The fourth-order valence-corrected chi connectivity index (χ4v) is 2.04. The molecule has 94 valence electrons. The van der Waals surface area contributed by atoms with Crippen LogP contribution in [0.1, 0.15) is 5.56 Å². The van der Waals surface area contributed by atoms with Crippen molar-refractivity contribution in [1.82, 2.24) is 15.0 Å². The zero-order chi connectivity index (χ0) is 13.3. The molecule has 0 spiro atoms. The van der Waals surface area contributed by atoms with Gasteiger partial charge in [0.25, 0.3) is 0 Å². The van der Waals surface area contributed by atoms with E-state index in [1.807, 2.05) is 6.92 Å². The number of aryl methyl sites for hydroxylation is 1. The van der Waals surface area contributed by atoms with Crippen LogP contribution < -0.4 is 5.32 Å². The zero-order valence-electron chi connectivity index (χ0n) is 9.01. The molecule has 0 unspecified atom stereocenters. The number of anilines is 2. The van der Waals surface area contributed by atoms with Crippen LogP contribution in [0.25, 0.3) is 0 Å². The molecule has 0 aliphatic heterocycles. The predicted molar refractivity (Wildman–Crippen MR) is 74.3 cm³/mol. The summed E-state index contributed by atoms with van der Waals surface area (Å²) in [6.45, 7) is 1.86. The predicted octanol–water partition coefficient (Wildman–Crippen LogP) is 4.54. The minimum atomic E-state index is -0.00756. The second-order valence-electron chi connectivity index (χ2n) is 3.40. The van der Waals surface area contributed by atoms with E-state index in [4.69, 9.17) is 46.4 Å². The minimum Gasteiger partial charge on any atom is -0.323 e. The summed E-state index contributed by atoms with van der Waals surface area (Å²) >= 11 is 23.4. The van der Waals surface area contributed by atoms with Gasteiger partial charge in [-0.1, -0.05) is 23.2 Å². The quantitative estimate of drug-likeness (QED) is 0.881. The third-order valence-corrected chi connectivity index (χ3v) is 3.13. The summed E-state index contributed by atoms with van der Waals surface area (Å²) in [6, 6.07) is 3.40. The SMILES string of the molecule is Cc1cc(Cl)c(Nc2nc(Cl)nc(Cl)n2)cc1Cl. The molecule has 0 saturated heterocycles. The largest absolute Gasteiger partial charge is 0.323 e. The topological polar surface area (TPSA) is 50.7 Å². The van der Waals surface area contributed by atoms with Crippen molar-refractivity contribution >= 4 is 58.0 Å². The number of rotatable bonds is 2. The van der Waals surface area contributed by atoms with Crippen LogP contribution in [-0.2, 0) is 0 Å². The van der Waals surface area contributed by atoms with Crippen molar-refractivity contribution < 1.29 is 0 Å². The number of hydrogen-bond acceptors (Lipinski definition) is 4. The third-order valence-electron chi connectivity index (χ3n) is 2.08. The molecule has 0 amide bonds. The van der Waals surface area contributed by atoms with E-state index in [0.29, 0.717) is 15.7 Å². The van der Waals surface area contributed by atoms with Gasteiger partial charge in [-0.3, -0.25) is 0 Å². The molecule has 0 aliphatic rings. The first kappa shape index (κ1) is 13.6. The van der Waals surface area contributed by atoms with E-state index in [1.54, 1.807) is 12.1 Å². The van der Waals surface area contributed by atoms with Crippen molar-refractivity contribution in [3.63, 3.8) is 0 Å². The molecule has 1 aromatic carbocycles. The van der Waals surface area contributed by atoms with Crippen LogP contribution >= 0.6 is 46.4 Å². The summed E-state index contributed by atoms with van der Waals surface area (Å²) in [6.07, 6.45) is 0. The average molecular weight is 324 g/mol. The van der Waals surface area contributed by atoms with Crippen molar-refractivity contribution in [2.75, 3.05) is 5.32 Å². The van der Waals surface area contributed by atoms with Crippen molar-refractivity contribution in [3.8, 4) is 0 Å². The highest BCUT2D eigenvalue weighted by molar-refractivity contribution is 6.36. The Morgan fingerprint density at radius 2 is 1.50 bits per heavy atom. The van der Waals surface area contributed by atoms with E-state index in [0.717, 1.165) is 5.56 Å². The van der Waals surface area contributed by atoms with Crippen LogP contribution in [0.5, 0.6) is 0 Å². The smallest absolute Gasteiger partial charge is 0.232 e. The number of nitrogens with zero attached hydrogens (tertiary/aromatic N) is 3. The Morgan fingerprint density at radius 1 is 0.889 bits per heavy atom. The van der Waals surface area contributed by atoms with Crippen molar-refractivity contribution in [1.29, 1.82) is 0 Å². The van der Waals surface area contributed by atoms with Gasteiger partial charge in [0.1, 0.15) is 0 Å². The minimum absolute atomic E-state index is 0.00756. The molecule has 18 heavy (non-hydrogen) atoms. The normalized spacial score (nSPS) is 10.5. The Hall–Kier alpha value is -0.810. The number of halogens is 4. The van der Waals surface area contributed by atoms with E-state index in [-0.39, 0.29) is 16.5 Å². The molecule has 1 heterocycles. The van der Waals surface area contributed by atoms with Gasteiger partial charge in [0.05, 0.1) is 10.7 Å². The lowest BCUT2D eigenvalue weighted by molar-refractivity contribution is 1.05. The molecule has 1 N–H and O–H groups in total. The Labute approximate surface area is 123 Å². The molecule has 0 bridgehead atoms. The van der Waals surface area contributed by atoms with Gasteiger partial charge in [0.15, 0.2) is 0 Å². The number of benzene rings is 1. The highest BCUT2D eigenvalue weighted by Gasteiger charge is 2.08. The van der Waals surface area contributed by atoms with Gasteiger partial charge >= 0.3 is 0 Å². The maximum absolute atomic E-state index is 6.07. The number of nitrogens with one attached hydrogen (secondary N) is 1. The molecule has 8 heteroatoms. The first-order chi connectivity index (χ1) is 8.45. The number of hydrogen-bond donors (Lipinski definition) is 1. The zero-order valence-corrected chi connectivity index (χ0v) is 12.0. The van der Waals surface area contributed by atoms with Crippen LogP contribution in [0.3, 0.4) is 0 Å². The van der Waals surface area contributed by atoms with Crippen LogP contribution in [0.4, 0.5) is 11.6 Å². The summed E-state index contributed by atoms with van der Waals surface area (Å²) < 4.78 is 0. The lowest BCUT2D eigenvalue weighted by Crippen LogP contribution is -2.00. The first-order valence-electron chi connectivity index (χ1n) is 4.75. The van der Waals surface area contributed by atoms with Gasteiger partial charge < -0.3 is 5.32 Å². The molecule has 0 radical (unpaired) electrons. The number of aromatic nitrogens is 3. The fourth-order valence-electron chi connectivity index (χ4n) is 1.24. The molecule has 0 saturated carbocycles. The van der Waals surface area contributed by atoms with Crippen LogP contribution in [0.2, 0.25) is 20.6 Å². The van der Waals surface area contributed by atoms with Crippen LogP contribution in [0, 0.1) is 6.92 Å². The Balaban J connectivity index is 2.36. The van der Waals surface area contributed by atoms with Gasteiger partial charge in [-0.15, -0.1) is 0 Å². The highest BCUT2D eigenvalue weighted by Crippen LogP contribution is 2.30. The Bertz CT molecular complexity index is 582. The summed E-state index contributed by atoms with van der Waals surface area (Å²) in [4.78, 5) is 11.4. The summed E-state index contributed by atoms with van der Waals surface area (Å²) in [5.41, 5.74) is 1.43. The van der Waals surface area contributed by atoms with E-state index in [2.05, 4.69) is 20.3 Å². The standard InChI is InChI=1S/C10H6Cl4N4/c1-4-2-6(12)7(3-5(4)11)15-10-17-8(13)16-9(14)18-10/h2-3H,1H3,(H,15,16,17,18). The molecule has 2 rings (SSSR count). The van der Waals surface area contributed by atoms with E-state index < -0.39 is 0 Å². The molecule has 2 aromatic rings. The van der Waals surface area contributed by atoms with Crippen molar-refractivity contribution in [3.05, 3.63) is 38.3 Å². The van der Waals surface area contributed by atoms with Gasteiger partial charge in [0, 0.05) is 5.02 Å².